The second kappa shape index (κ2) is 3.74. The highest BCUT2D eigenvalue weighted by Gasteiger charge is 2.39. The van der Waals surface area contributed by atoms with Crippen molar-refractivity contribution in [3.63, 3.8) is 0 Å². The molecule has 1 aromatic carbocycles. The van der Waals surface area contributed by atoms with Crippen LogP contribution in [0.25, 0.3) is 11.0 Å². The fourth-order valence-corrected chi connectivity index (χ4v) is 3.39. The quantitative estimate of drug-likeness (QED) is 0.460. The summed E-state index contributed by atoms with van der Waals surface area (Å²) < 4.78 is 0. The van der Waals surface area contributed by atoms with Crippen LogP contribution in [0, 0.1) is 0 Å². The van der Waals surface area contributed by atoms with Crippen LogP contribution >= 0.6 is 0 Å². The van der Waals surface area contributed by atoms with Crippen molar-refractivity contribution >= 4 is 16.9 Å². The lowest BCUT2D eigenvalue weighted by Crippen LogP contribution is -2.29. The van der Waals surface area contributed by atoms with Crippen molar-refractivity contribution in [2.24, 2.45) is 5.84 Å². The Balaban J connectivity index is 1.89. The molecule has 1 aromatic heterocycles. The molecule has 0 saturated heterocycles. The second-order valence-electron chi connectivity index (χ2n) is 5.38. The van der Waals surface area contributed by atoms with Crippen LogP contribution in [0.1, 0.15) is 52.8 Å². The first-order valence-electron chi connectivity index (χ1n) is 6.59. The molecule has 0 spiro atoms. The summed E-state index contributed by atoms with van der Waals surface area (Å²) in [4.78, 5) is 21.0. The number of amides is 1. The summed E-state index contributed by atoms with van der Waals surface area (Å²) in [5.74, 6) is 6.03. The molecule has 2 bridgehead atoms. The third-order valence-corrected chi connectivity index (χ3v) is 4.32. The van der Waals surface area contributed by atoms with E-state index in [1.807, 2.05) is 6.07 Å². The lowest BCUT2D eigenvalue weighted by molar-refractivity contribution is 0.0954. The van der Waals surface area contributed by atoms with E-state index in [2.05, 4.69) is 5.43 Å². The van der Waals surface area contributed by atoms with Crippen LogP contribution in [-0.2, 0) is 0 Å². The third-order valence-electron chi connectivity index (χ3n) is 4.32. The van der Waals surface area contributed by atoms with Gasteiger partial charge in [-0.2, -0.15) is 0 Å². The normalized spacial score (nSPS) is 23.6. The van der Waals surface area contributed by atoms with E-state index in [-0.39, 0.29) is 5.91 Å². The summed E-state index contributed by atoms with van der Waals surface area (Å²) in [6.07, 6.45) is 3.66. The molecule has 0 aliphatic heterocycles. The van der Waals surface area contributed by atoms with Gasteiger partial charge in [0.05, 0.1) is 22.4 Å². The average molecular weight is 254 g/mol. The first kappa shape index (κ1) is 10.9. The lowest BCUT2D eigenvalue weighted by Gasteiger charge is -2.14. The summed E-state index contributed by atoms with van der Waals surface area (Å²) in [5, 5.41) is 0. The van der Waals surface area contributed by atoms with Gasteiger partial charge in [-0.25, -0.2) is 15.8 Å². The number of carbonyl (C=O) groups excluding carboxylic acids is 1. The molecule has 2 aliphatic rings. The number of hydrazine groups is 1. The number of nitrogens with zero attached hydrogens (tertiary/aromatic N) is 2. The van der Waals surface area contributed by atoms with Gasteiger partial charge < -0.3 is 0 Å². The summed E-state index contributed by atoms with van der Waals surface area (Å²) in [7, 11) is 0. The minimum Gasteiger partial charge on any atom is -0.290 e. The van der Waals surface area contributed by atoms with Crippen LogP contribution in [0.3, 0.4) is 0 Å². The van der Waals surface area contributed by atoms with E-state index in [9.17, 15) is 4.79 Å². The van der Waals surface area contributed by atoms with Gasteiger partial charge in [-0.05, 0) is 37.5 Å². The maximum absolute atomic E-state index is 11.5. The maximum Gasteiger partial charge on any atom is 0.265 e. The standard InChI is InChI=1S/C14H14N4O/c15-18-14(19)9-3-4-10-11(6-9)17-13-8-2-1-7(5-8)12(13)16-10/h3-4,6-8H,1-2,5,15H2,(H,18,19). The minimum absolute atomic E-state index is 0.300. The number of nitrogens with two attached hydrogens (primary N) is 1. The first-order chi connectivity index (χ1) is 9.26. The van der Waals surface area contributed by atoms with Crippen molar-refractivity contribution in [2.75, 3.05) is 0 Å². The zero-order valence-corrected chi connectivity index (χ0v) is 10.4. The van der Waals surface area contributed by atoms with Crippen molar-refractivity contribution in [2.45, 2.75) is 31.1 Å². The van der Waals surface area contributed by atoms with Crippen LogP contribution in [0.4, 0.5) is 0 Å². The van der Waals surface area contributed by atoms with Gasteiger partial charge in [-0.1, -0.05) is 0 Å². The Morgan fingerprint density at radius 3 is 2.53 bits per heavy atom. The van der Waals surface area contributed by atoms with E-state index in [0.717, 1.165) is 16.7 Å². The average Bonchev–Trinajstić information content (AvgIpc) is 3.05. The highest BCUT2D eigenvalue weighted by Crippen LogP contribution is 2.51. The second-order valence-corrected chi connectivity index (χ2v) is 5.38. The van der Waals surface area contributed by atoms with Crippen molar-refractivity contribution < 1.29 is 4.79 Å². The topological polar surface area (TPSA) is 80.9 Å². The molecule has 2 atom stereocenters. The van der Waals surface area contributed by atoms with E-state index >= 15 is 0 Å². The Bertz CT molecular complexity index is 697. The van der Waals surface area contributed by atoms with Crippen LogP contribution in [0.2, 0.25) is 0 Å². The van der Waals surface area contributed by atoms with Gasteiger partial charge in [-0.3, -0.25) is 10.2 Å². The number of hydrogen-bond donors (Lipinski definition) is 2. The van der Waals surface area contributed by atoms with Crippen LogP contribution in [-0.4, -0.2) is 15.9 Å². The van der Waals surface area contributed by atoms with E-state index < -0.39 is 0 Å². The Kier molecular flexibility index (Phi) is 2.14. The zero-order valence-electron chi connectivity index (χ0n) is 10.4. The number of nitrogens with one attached hydrogen (secondary N) is 1. The molecular formula is C14H14N4O. The van der Waals surface area contributed by atoms with Crippen molar-refractivity contribution in [3.8, 4) is 0 Å². The highest BCUT2D eigenvalue weighted by molar-refractivity contribution is 5.96. The Labute approximate surface area is 110 Å². The molecule has 1 saturated carbocycles. The highest BCUT2D eigenvalue weighted by atomic mass is 16.2. The van der Waals surface area contributed by atoms with Gasteiger partial charge in [0.25, 0.3) is 5.91 Å². The number of rotatable bonds is 1. The van der Waals surface area contributed by atoms with Crippen LogP contribution < -0.4 is 11.3 Å². The SMILES string of the molecule is NNC(=O)c1ccc2nc3c(nc2c1)C1CCC3C1. The molecule has 0 radical (unpaired) electrons. The van der Waals surface area contributed by atoms with Gasteiger partial charge in [-0.15, -0.1) is 0 Å². The van der Waals surface area contributed by atoms with E-state index in [1.165, 1.54) is 25.0 Å². The van der Waals surface area contributed by atoms with E-state index in [1.54, 1.807) is 12.1 Å². The predicted octanol–water partition coefficient (Wildman–Crippen LogP) is 1.60. The molecule has 3 N–H and O–H groups in total. The minimum atomic E-state index is -0.300. The smallest absolute Gasteiger partial charge is 0.265 e. The Morgan fingerprint density at radius 1 is 1.16 bits per heavy atom. The summed E-state index contributed by atoms with van der Waals surface area (Å²) >= 11 is 0. The Hall–Kier alpha value is -2.01. The van der Waals surface area contributed by atoms with Crippen molar-refractivity contribution in [1.29, 1.82) is 0 Å². The number of fused-ring (bicyclic) bond motifs is 6. The molecule has 4 rings (SSSR count). The number of aromatic nitrogens is 2. The molecule has 1 heterocycles. The molecule has 1 fully saturated rings. The van der Waals surface area contributed by atoms with Gasteiger partial charge in [0.2, 0.25) is 0 Å². The summed E-state index contributed by atoms with van der Waals surface area (Å²) in [6, 6.07) is 5.34. The van der Waals surface area contributed by atoms with Crippen molar-refractivity contribution in [1.82, 2.24) is 15.4 Å². The van der Waals surface area contributed by atoms with Gasteiger partial charge in [0.1, 0.15) is 0 Å². The fraction of sp³-hybridized carbons (Fsp3) is 0.357. The fourth-order valence-electron chi connectivity index (χ4n) is 3.39. The van der Waals surface area contributed by atoms with Crippen LogP contribution in [0.15, 0.2) is 18.2 Å². The maximum atomic E-state index is 11.5. The number of benzene rings is 1. The van der Waals surface area contributed by atoms with Crippen LogP contribution in [0.5, 0.6) is 0 Å². The van der Waals surface area contributed by atoms with Gasteiger partial charge >= 0.3 is 0 Å². The molecular weight excluding hydrogens is 240 g/mol. The molecule has 5 heteroatoms. The van der Waals surface area contributed by atoms with E-state index in [4.69, 9.17) is 15.8 Å². The molecule has 5 nitrogen and oxygen atoms in total. The molecule has 19 heavy (non-hydrogen) atoms. The molecule has 96 valence electrons. The van der Waals surface area contributed by atoms with Gasteiger partial charge in [0, 0.05) is 17.4 Å². The largest absolute Gasteiger partial charge is 0.290 e. The van der Waals surface area contributed by atoms with Gasteiger partial charge in [0.15, 0.2) is 0 Å². The van der Waals surface area contributed by atoms with Crippen molar-refractivity contribution in [3.05, 3.63) is 35.2 Å². The predicted molar refractivity (Wildman–Crippen MR) is 70.5 cm³/mol. The van der Waals surface area contributed by atoms with E-state index in [0.29, 0.717) is 17.4 Å². The number of hydrogen-bond acceptors (Lipinski definition) is 4. The lowest BCUT2D eigenvalue weighted by atomic mass is 10.00. The zero-order chi connectivity index (χ0) is 13.0. The third kappa shape index (κ3) is 1.48. The molecule has 2 unspecified atom stereocenters. The molecule has 2 aliphatic carbocycles. The number of carbonyl (C=O) groups is 1. The molecule has 1 amide bonds. The Morgan fingerprint density at radius 2 is 1.84 bits per heavy atom. The summed E-state index contributed by atoms with van der Waals surface area (Å²) in [5.41, 5.74) is 6.63. The summed E-state index contributed by atoms with van der Waals surface area (Å²) in [6.45, 7) is 0. The first-order valence-corrected chi connectivity index (χ1v) is 6.59. The monoisotopic (exact) mass is 254 g/mol. The molecule has 2 aromatic rings. The number of nitrogen functional groups attached to an aromatic ring is 1.